The van der Waals surface area contributed by atoms with Crippen molar-refractivity contribution in [1.29, 1.82) is 0 Å². The molecule has 4 rings (SSSR count). The van der Waals surface area contributed by atoms with Crippen LogP contribution >= 0.6 is 0 Å². The highest BCUT2D eigenvalue weighted by Crippen LogP contribution is 2.24. The summed E-state index contributed by atoms with van der Waals surface area (Å²) in [7, 11) is 0. The molecule has 0 saturated heterocycles. The van der Waals surface area contributed by atoms with Crippen LogP contribution in [0, 0.1) is 0 Å². The highest BCUT2D eigenvalue weighted by atomic mass is 16.1. The highest BCUT2D eigenvalue weighted by Gasteiger charge is 2.23. The maximum Gasteiger partial charge on any atom is 0.186 e. The number of aromatic amines is 2. The van der Waals surface area contributed by atoms with E-state index in [1.165, 1.54) is 0 Å². The maximum absolute atomic E-state index is 13.3. The van der Waals surface area contributed by atoms with E-state index in [-0.39, 0.29) is 5.78 Å². The smallest absolute Gasteiger partial charge is 0.186 e. The van der Waals surface area contributed by atoms with E-state index >= 15 is 0 Å². The minimum Gasteiger partial charge on any atom is -0.360 e. The second-order valence-corrected chi connectivity index (χ2v) is 6.10. The van der Waals surface area contributed by atoms with E-state index in [1.54, 1.807) is 12.5 Å². The zero-order valence-electron chi connectivity index (χ0n) is 14.1. The van der Waals surface area contributed by atoms with Gasteiger partial charge in [0, 0.05) is 35.6 Å². The van der Waals surface area contributed by atoms with Crippen molar-refractivity contribution in [3.8, 4) is 0 Å². The number of fused-ring (bicyclic) bond motifs is 1. The summed E-state index contributed by atoms with van der Waals surface area (Å²) in [4.78, 5) is 19.5. The summed E-state index contributed by atoms with van der Waals surface area (Å²) in [5.74, 6) is 0.843. The molecule has 2 aromatic heterocycles. The number of nitrogens with one attached hydrogen (secondary N) is 3. The Balaban J connectivity index is 1.60. The zero-order valence-corrected chi connectivity index (χ0v) is 14.1. The van der Waals surface area contributed by atoms with Crippen LogP contribution in [-0.4, -0.2) is 32.5 Å². The predicted molar refractivity (Wildman–Crippen MR) is 99.9 cm³/mol. The normalized spacial score (nSPS) is 12.3. The molecule has 3 N–H and O–H groups in total. The SMILES string of the molecule is O=C(c1c[nH]c2ccccc12)[C@H](NCCc1nnc[nH]1)c1ccccc1. The lowest BCUT2D eigenvalue weighted by molar-refractivity contribution is 0.0945. The molecule has 0 aliphatic rings. The number of benzene rings is 2. The molecule has 0 aliphatic carbocycles. The number of hydrogen-bond donors (Lipinski definition) is 3. The Hall–Kier alpha value is -3.25. The lowest BCUT2D eigenvalue weighted by Gasteiger charge is -2.17. The fourth-order valence-corrected chi connectivity index (χ4v) is 3.13. The summed E-state index contributed by atoms with van der Waals surface area (Å²) >= 11 is 0. The molecule has 2 heterocycles. The number of Topliss-reactive ketones (excluding diaryl/α,β-unsaturated/α-hetero) is 1. The molecule has 6 nitrogen and oxygen atoms in total. The fraction of sp³-hybridized carbons (Fsp3) is 0.150. The number of aromatic nitrogens is 4. The van der Waals surface area contributed by atoms with Crippen LogP contribution in [0.4, 0.5) is 0 Å². The molecule has 0 unspecified atom stereocenters. The van der Waals surface area contributed by atoms with E-state index in [0.29, 0.717) is 18.5 Å². The van der Waals surface area contributed by atoms with Gasteiger partial charge in [0.15, 0.2) is 5.78 Å². The molecule has 6 heteroatoms. The molecule has 0 spiro atoms. The third kappa shape index (κ3) is 3.27. The topological polar surface area (TPSA) is 86.5 Å². The van der Waals surface area contributed by atoms with Gasteiger partial charge in [0.2, 0.25) is 0 Å². The molecule has 0 saturated carbocycles. The highest BCUT2D eigenvalue weighted by molar-refractivity contribution is 6.10. The van der Waals surface area contributed by atoms with Crippen LogP contribution in [0.15, 0.2) is 67.1 Å². The largest absolute Gasteiger partial charge is 0.360 e. The first-order valence-corrected chi connectivity index (χ1v) is 8.56. The molecular formula is C20H19N5O. The van der Waals surface area contributed by atoms with Gasteiger partial charge in [0.05, 0.1) is 6.04 Å². The zero-order chi connectivity index (χ0) is 17.8. The number of ketones is 1. The van der Waals surface area contributed by atoms with Crippen LogP contribution in [-0.2, 0) is 6.42 Å². The summed E-state index contributed by atoms with van der Waals surface area (Å²) in [6.07, 6.45) is 4.02. The van der Waals surface area contributed by atoms with E-state index < -0.39 is 6.04 Å². The van der Waals surface area contributed by atoms with Gasteiger partial charge in [-0.05, 0) is 11.6 Å². The van der Waals surface area contributed by atoms with Crippen LogP contribution in [0.25, 0.3) is 10.9 Å². The quantitative estimate of drug-likeness (QED) is 0.449. The minimum atomic E-state index is -0.418. The molecule has 130 valence electrons. The summed E-state index contributed by atoms with van der Waals surface area (Å²) in [5.41, 5.74) is 2.60. The number of para-hydroxylation sites is 1. The third-order valence-electron chi connectivity index (χ3n) is 4.43. The van der Waals surface area contributed by atoms with Gasteiger partial charge in [-0.3, -0.25) is 4.79 Å². The van der Waals surface area contributed by atoms with Gasteiger partial charge >= 0.3 is 0 Å². The molecule has 4 aromatic rings. The summed E-state index contributed by atoms with van der Waals surface area (Å²) < 4.78 is 0. The Morgan fingerprint density at radius 2 is 1.85 bits per heavy atom. The monoisotopic (exact) mass is 345 g/mol. The molecule has 0 bridgehead atoms. The van der Waals surface area contributed by atoms with Crippen molar-refractivity contribution < 1.29 is 4.79 Å². The minimum absolute atomic E-state index is 0.0474. The van der Waals surface area contributed by atoms with E-state index in [9.17, 15) is 4.79 Å². The second-order valence-electron chi connectivity index (χ2n) is 6.10. The second kappa shape index (κ2) is 7.33. The number of hydrogen-bond acceptors (Lipinski definition) is 4. The molecule has 26 heavy (non-hydrogen) atoms. The molecular weight excluding hydrogens is 326 g/mol. The fourth-order valence-electron chi connectivity index (χ4n) is 3.13. The van der Waals surface area contributed by atoms with Gasteiger partial charge in [-0.1, -0.05) is 48.5 Å². The van der Waals surface area contributed by atoms with E-state index in [1.807, 2.05) is 54.6 Å². The Morgan fingerprint density at radius 1 is 1.04 bits per heavy atom. The summed E-state index contributed by atoms with van der Waals surface area (Å²) in [6.45, 7) is 0.614. The molecule has 0 radical (unpaired) electrons. The van der Waals surface area contributed by atoms with Crippen LogP contribution in [0.5, 0.6) is 0 Å². The molecule has 0 fully saturated rings. The Bertz CT molecular complexity index is 991. The molecule has 1 atom stereocenters. The van der Waals surface area contributed by atoms with Gasteiger partial charge < -0.3 is 15.3 Å². The van der Waals surface area contributed by atoms with Gasteiger partial charge in [-0.2, -0.15) is 0 Å². The van der Waals surface area contributed by atoms with Crippen molar-refractivity contribution in [3.63, 3.8) is 0 Å². The Labute approximate surface area is 150 Å². The van der Waals surface area contributed by atoms with Crippen LogP contribution in [0.1, 0.15) is 27.8 Å². The lowest BCUT2D eigenvalue weighted by atomic mass is 9.97. The van der Waals surface area contributed by atoms with Crippen molar-refractivity contribution in [2.45, 2.75) is 12.5 Å². The predicted octanol–water partition coefficient (Wildman–Crippen LogP) is 3.04. The number of H-pyrrole nitrogens is 2. The third-order valence-corrected chi connectivity index (χ3v) is 4.43. The van der Waals surface area contributed by atoms with E-state index in [0.717, 1.165) is 22.3 Å². The van der Waals surface area contributed by atoms with Crippen molar-refractivity contribution in [1.82, 2.24) is 25.5 Å². The van der Waals surface area contributed by atoms with Crippen LogP contribution < -0.4 is 5.32 Å². The van der Waals surface area contributed by atoms with E-state index in [4.69, 9.17) is 0 Å². The van der Waals surface area contributed by atoms with Crippen molar-refractivity contribution in [2.24, 2.45) is 0 Å². The van der Waals surface area contributed by atoms with Gasteiger partial charge in [0.25, 0.3) is 0 Å². The first-order chi connectivity index (χ1) is 12.8. The number of rotatable bonds is 7. The van der Waals surface area contributed by atoms with Gasteiger partial charge in [-0.15, -0.1) is 10.2 Å². The standard InChI is InChI=1S/C20H19N5O/c26-20(16-12-22-17-9-5-4-8-15(16)17)19(14-6-2-1-3-7-14)21-11-10-18-23-13-24-25-18/h1-9,12-13,19,21-22H,10-11H2,(H,23,24,25)/t19-/m1/s1. The Kier molecular flexibility index (Phi) is 4.57. The summed E-state index contributed by atoms with van der Waals surface area (Å²) in [5, 5.41) is 12.1. The lowest BCUT2D eigenvalue weighted by Crippen LogP contribution is -2.30. The average molecular weight is 345 g/mol. The average Bonchev–Trinajstić information content (AvgIpc) is 3.35. The molecule has 0 amide bonds. The van der Waals surface area contributed by atoms with Crippen molar-refractivity contribution in [3.05, 3.63) is 84.1 Å². The van der Waals surface area contributed by atoms with Crippen LogP contribution in [0.3, 0.4) is 0 Å². The Morgan fingerprint density at radius 3 is 2.65 bits per heavy atom. The molecule has 0 aliphatic heterocycles. The van der Waals surface area contributed by atoms with Crippen molar-refractivity contribution in [2.75, 3.05) is 6.54 Å². The van der Waals surface area contributed by atoms with Gasteiger partial charge in [-0.25, -0.2) is 0 Å². The number of carbonyl (C=O) groups is 1. The number of nitrogens with zero attached hydrogens (tertiary/aromatic N) is 2. The van der Waals surface area contributed by atoms with Crippen LogP contribution in [0.2, 0.25) is 0 Å². The molecule has 2 aromatic carbocycles. The van der Waals surface area contributed by atoms with E-state index in [2.05, 4.69) is 25.5 Å². The first-order valence-electron chi connectivity index (χ1n) is 8.56. The summed E-state index contributed by atoms with van der Waals surface area (Å²) in [6, 6.07) is 17.2. The first kappa shape index (κ1) is 16.2. The van der Waals surface area contributed by atoms with Gasteiger partial charge in [0.1, 0.15) is 12.2 Å². The van der Waals surface area contributed by atoms with Crippen molar-refractivity contribution >= 4 is 16.7 Å². The number of carbonyl (C=O) groups excluding carboxylic acids is 1. The maximum atomic E-state index is 13.3.